The first kappa shape index (κ1) is 89.8. The highest BCUT2D eigenvalue weighted by Gasteiger charge is 2.11. The zero-order chi connectivity index (χ0) is 72.1. The monoisotopic (exact) mass is 1530 g/mol. The molecule has 7 aromatic carbocycles. The quantitative estimate of drug-likeness (QED) is 0.115. The van der Waals surface area contributed by atoms with Crippen molar-refractivity contribution in [2.75, 3.05) is 28.4 Å². The smallest absolute Gasteiger partial charge is 0.126 e. The average molecular weight is 1540 g/mol. The SMILES string of the molecule is CC(C)C(C)C.CC(C)c1cc(Cl)ccc1Cl.CC(C)c1ccc(Cl)c(Cl)c1.CC(C)c1ccccc1.COc1ccc(Br)c(C(C)C)c1.COc1ccc(Br)cc1C(C)C.COc1ccc(Cl)c(C(C)C)c1.COc1ccc(F)c(C(C)C)c1.Cc1ccsc1C(C)C. The average Bonchev–Trinajstić information content (AvgIpc) is 1.53. The predicted molar refractivity (Wildman–Crippen MR) is 423 cm³/mol. The van der Waals surface area contributed by atoms with Crippen molar-refractivity contribution in [1.82, 2.24) is 0 Å². The molecule has 8 aromatic rings. The van der Waals surface area contributed by atoms with E-state index in [1.54, 1.807) is 46.6 Å². The molecular formula is C81H110Br2Cl5FO4S. The Morgan fingerprint density at radius 2 is 0.798 bits per heavy atom. The maximum absolute atomic E-state index is 13.1. The van der Waals surface area contributed by atoms with Crippen molar-refractivity contribution in [3.63, 3.8) is 0 Å². The van der Waals surface area contributed by atoms with E-state index in [0.717, 1.165) is 64.2 Å². The van der Waals surface area contributed by atoms with Crippen molar-refractivity contribution in [3.05, 3.63) is 240 Å². The van der Waals surface area contributed by atoms with E-state index in [-0.39, 0.29) is 11.7 Å². The van der Waals surface area contributed by atoms with Crippen LogP contribution in [-0.4, -0.2) is 28.4 Å². The summed E-state index contributed by atoms with van der Waals surface area (Å²) in [4.78, 5) is 1.52. The summed E-state index contributed by atoms with van der Waals surface area (Å²) in [6.45, 7) is 45.2. The summed E-state index contributed by atoms with van der Waals surface area (Å²) in [5.74, 6) is 8.95. The molecule has 520 valence electrons. The van der Waals surface area contributed by atoms with Crippen LogP contribution in [0.1, 0.15) is 235 Å². The molecule has 0 aliphatic rings. The van der Waals surface area contributed by atoms with E-state index in [1.807, 2.05) is 104 Å². The van der Waals surface area contributed by atoms with Gasteiger partial charge in [0.05, 0.1) is 38.5 Å². The van der Waals surface area contributed by atoms with Gasteiger partial charge in [-0.05, 0) is 225 Å². The van der Waals surface area contributed by atoms with Gasteiger partial charge in [-0.1, -0.05) is 265 Å². The summed E-state index contributed by atoms with van der Waals surface area (Å²) in [5, 5.41) is 5.77. The highest BCUT2D eigenvalue weighted by Crippen LogP contribution is 2.33. The molecule has 0 saturated heterocycles. The molecule has 0 amide bonds. The Kier molecular flexibility index (Phi) is 46.3. The number of hydrogen-bond donors (Lipinski definition) is 0. The lowest BCUT2D eigenvalue weighted by molar-refractivity contribution is 0.407. The first-order valence-corrected chi connectivity index (χ1v) is 36.7. The summed E-state index contributed by atoms with van der Waals surface area (Å²) in [5.41, 5.74) is 9.55. The van der Waals surface area contributed by atoms with Gasteiger partial charge in [0.2, 0.25) is 0 Å². The highest BCUT2D eigenvalue weighted by molar-refractivity contribution is 9.10. The van der Waals surface area contributed by atoms with Gasteiger partial charge in [-0.2, -0.15) is 0 Å². The summed E-state index contributed by atoms with van der Waals surface area (Å²) in [6, 6.07) is 46.6. The zero-order valence-corrected chi connectivity index (χ0v) is 68.5. The molecule has 1 heterocycles. The van der Waals surface area contributed by atoms with Crippen molar-refractivity contribution in [2.24, 2.45) is 11.8 Å². The van der Waals surface area contributed by atoms with E-state index in [2.05, 4.69) is 211 Å². The third-order valence-corrected chi connectivity index (χ3v) is 18.9. The molecule has 0 fully saturated rings. The summed E-state index contributed by atoms with van der Waals surface area (Å²) in [7, 11) is 6.63. The predicted octanol–water partition coefficient (Wildman–Crippen LogP) is 30.1. The lowest BCUT2D eigenvalue weighted by Crippen LogP contribution is -1.95. The minimum Gasteiger partial charge on any atom is -0.497 e. The van der Waals surface area contributed by atoms with Gasteiger partial charge < -0.3 is 18.9 Å². The molecule has 94 heavy (non-hydrogen) atoms. The fourth-order valence-electron chi connectivity index (χ4n) is 8.07. The van der Waals surface area contributed by atoms with Gasteiger partial charge in [0, 0.05) is 28.9 Å². The van der Waals surface area contributed by atoms with Crippen LogP contribution in [0, 0.1) is 24.6 Å². The van der Waals surface area contributed by atoms with Crippen LogP contribution in [0.25, 0.3) is 0 Å². The van der Waals surface area contributed by atoms with Crippen LogP contribution in [0.15, 0.2) is 160 Å². The van der Waals surface area contributed by atoms with Crippen molar-refractivity contribution in [2.45, 2.75) is 193 Å². The van der Waals surface area contributed by atoms with Gasteiger partial charge in [-0.15, -0.1) is 11.3 Å². The number of halogens is 8. The molecule has 0 aliphatic heterocycles. The maximum Gasteiger partial charge on any atom is 0.126 e. The van der Waals surface area contributed by atoms with E-state index in [9.17, 15) is 4.39 Å². The van der Waals surface area contributed by atoms with E-state index in [1.165, 1.54) is 38.8 Å². The van der Waals surface area contributed by atoms with Gasteiger partial charge >= 0.3 is 0 Å². The molecule has 1 aromatic heterocycles. The van der Waals surface area contributed by atoms with Crippen LogP contribution < -0.4 is 18.9 Å². The summed E-state index contributed by atoms with van der Waals surface area (Å²) >= 11 is 38.1. The molecule has 4 nitrogen and oxygen atoms in total. The molecule has 0 unspecified atom stereocenters. The fraction of sp³-hybridized carbons (Fsp3) is 0.432. The molecule has 0 N–H and O–H groups in total. The van der Waals surface area contributed by atoms with E-state index < -0.39 is 0 Å². The van der Waals surface area contributed by atoms with Gasteiger partial charge in [0.15, 0.2) is 0 Å². The van der Waals surface area contributed by atoms with Crippen molar-refractivity contribution in [1.29, 1.82) is 0 Å². The number of thiophene rings is 1. The third kappa shape index (κ3) is 35.9. The first-order chi connectivity index (χ1) is 44.0. The molecule has 0 saturated carbocycles. The fourth-order valence-corrected chi connectivity index (χ4v) is 11.3. The molecular weight excluding hydrogens is 1430 g/mol. The van der Waals surface area contributed by atoms with Gasteiger partial charge in [0.1, 0.15) is 28.8 Å². The second kappa shape index (κ2) is 48.5. The Morgan fingerprint density at radius 1 is 0.362 bits per heavy atom. The normalized spacial score (nSPS) is 10.5. The largest absolute Gasteiger partial charge is 0.497 e. The first-order valence-electron chi connectivity index (χ1n) is 32.3. The molecule has 13 heteroatoms. The van der Waals surface area contributed by atoms with Crippen LogP contribution in [0.5, 0.6) is 23.0 Å². The highest BCUT2D eigenvalue weighted by atomic mass is 79.9. The summed E-state index contributed by atoms with van der Waals surface area (Å²) < 4.78 is 35.8. The minimum absolute atomic E-state index is 0.161. The second-order valence-corrected chi connectivity index (χ2v) is 30.3. The number of methoxy groups -OCH3 is 4. The zero-order valence-electron chi connectivity index (χ0n) is 60.8. The van der Waals surface area contributed by atoms with Crippen LogP contribution in [0.4, 0.5) is 4.39 Å². The van der Waals surface area contributed by atoms with E-state index in [0.29, 0.717) is 62.8 Å². The van der Waals surface area contributed by atoms with E-state index in [4.69, 9.17) is 77.0 Å². The Morgan fingerprint density at radius 3 is 1.18 bits per heavy atom. The minimum atomic E-state index is -0.161. The third-order valence-electron chi connectivity index (χ3n) is 14.7. The Labute approximate surface area is 615 Å². The van der Waals surface area contributed by atoms with Gasteiger partial charge in [-0.25, -0.2) is 4.39 Å². The molecule has 0 atom stereocenters. The number of ether oxygens (including phenoxy) is 4. The van der Waals surface area contributed by atoms with Gasteiger partial charge in [0.25, 0.3) is 0 Å². The Bertz CT molecular complexity index is 3200. The summed E-state index contributed by atoms with van der Waals surface area (Å²) in [6.07, 6.45) is 0. The number of aryl methyl sites for hydroxylation is 1. The van der Waals surface area contributed by atoms with Crippen molar-refractivity contribution >= 4 is 101 Å². The van der Waals surface area contributed by atoms with E-state index >= 15 is 0 Å². The van der Waals surface area contributed by atoms with Crippen LogP contribution in [0.2, 0.25) is 25.1 Å². The Hall–Kier alpha value is -4.22. The van der Waals surface area contributed by atoms with Crippen LogP contribution in [0.3, 0.4) is 0 Å². The second-order valence-electron chi connectivity index (χ2n) is 25.5. The number of rotatable bonds is 13. The lowest BCUT2D eigenvalue weighted by Gasteiger charge is -2.11. The molecule has 0 radical (unpaired) electrons. The molecule has 0 spiro atoms. The maximum atomic E-state index is 13.1. The van der Waals surface area contributed by atoms with Crippen LogP contribution >= 0.6 is 101 Å². The Balaban J connectivity index is 0.00000104. The molecule has 0 aliphatic carbocycles. The molecule has 0 bridgehead atoms. The number of benzene rings is 7. The molecule has 8 rings (SSSR count). The van der Waals surface area contributed by atoms with Crippen molar-refractivity contribution < 1.29 is 23.3 Å². The van der Waals surface area contributed by atoms with Crippen LogP contribution in [-0.2, 0) is 0 Å². The topological polar surface area (TPSA) is 36.9 Å². The lowest BCUT2D eigenvalue weighted by atomic mass is 10.0. The number of hydrogen-bond acceptors (Lipinski definition) is 5. The van der Waals surface area contributed by atoms with Gasteiger partial charge in [-0.3, -0.25) is 0 Å². The standard InChI is InChI=1S/2C10H13BrO.C10H13ClO.C10H13FO.2C9H10Cl2.C9H12.C8H12S.C6H14/c1-7(2)9-6-8(12-3)4-5-10(9)11;1-7(2)9-6-8(11)4-5-10(9)12-3;2*1-7(2)9-6-8(12-3)4-5-10(9)11;1-6(2)8-5-7(10)3-4-9(8)11;1-6(2)7-3-4-8(10)9(11)5-7;1-8(2)9-6-4-3-5-7-9;1-6(2)8-7(3)4-5-9-8;1-5(2)6(3)4/h4*4-7H,1-3H3;2*3-6H,1-2H3;3-8H,1-2H3;4-6H,1-3H3;5-6H,1-4H3. The van der Waals surface area contributed by atoms with Crippen molar-refractivity contribution in [3.8, 4) is 23.0 Å².